The highest BCUT2D eigenvalue weighted by Crippen LogP contribution is 2.20. The van der Waals surface area contributed by atoms with Gasteiger partial charge in [-0.15, -0.1) is 0 Å². The van der Waals surface area contributed by atoms with E-state index in [1.807, 2.05) is 30.3 Å². The predicted molar refractivity (Wildman–Crippen MR) is 98.4 cm³/mol. The fourth-order valence-electron chi connectivity index (χ4n) is 2.94. The topological polar surface area (TPSA) is 69.7 Å². The Balaban J connectivity index is 1.52. The highest BCUT2D eigenvalue weighted by molar-refractivity contribution is 6.41. The summed E-state index contributed by atoms with van der Waals surface area (Å²) < 4.78 is 26.4. The van der Waals surface area contributed by atoms with E-state index >= 15 is 0 Å². The maximum Gasteiger partial charge on any atom is 0.316 e. The van der Waals surface area contributed by atoms with Gasteiger partial charge in [-0.3, -0.25) is 14.4 Å². The summed E-state index contributed by atoms with van der Waals surface area (Å²) in [5, 5.41) is 2.72. The Hall–Kier alpha value is -3.29. The maximum absolute atomic E-state index is 13.4. The lowest BCUT2D eigenvalue weighted by atomic mass is 10.1. The molecule has 0 spiro atoms. The molecule has 1 heterocycles. The van der Waals surface area contributed by atoms with Crippen LogP contribution >= 0.6 is 0 Å². The number of benzene rings is 2. The van der Waals surface area contributed by atoms with E-state index in [4.69, 9.17) is 0 Å². The molecule has 0 aromatic heterocycles. The Morgan fingerprint density at radius 2 is 1.71 bits per heavy atom. The largest absolute Gasteiger partial charge is 0.354 e. The molecule has 2 aromatic carbocycles. The molecule has 1 saturated heterocycles. The first-order valence-corrected chi connectivity index (χ1v) is 8.82. The van der Waals surface area contributed by atoms with Crippen molar-refractivity contribution < 1.29 is 23.2 Å². The molecule has 2 aromatic rings. The Morgan fingerprint density at radius 1 is 0.964 bits per heavy atom. The van der Waals surface area contributed by atoms with Crippen LogP contribution < -0.4 is 10.2 Å². The third kappa shape index (κ3) is 4.51. The number of hydrogen-bond donors (Lipinski definition) is 1. The molecule has 1 aliphatic heterocycles. The number of halogens is 2. The average molecular weight is 387 g/mol. The summed E-state index contributed by atoms with van der Waals surface area (Å²) in [6.07, 6.45) is 0.656. The molecule has 1 N–H and O–H groups in total. The Kier molecular flexibility index (Phi) is 5.98. The molecule has 28 heavy (non-hydrogen) atoms. The van der Waals surface area contributed by atoms with Crippen molar-refractivity contribution in [2.24, 2.45) is 0 Å². The molecular formula is C20H19F2N3O3. The predicted octanol–water partition coefficient (Wildman–Crippen LogP) is 1.50. The number of carbonyl (C=O) groups excluding carboxylic acids is 3. The second-order valence-corrected chi connectivity index (χ2v) is 6.37. The third-order valence-corrected chi connectivity index (χ3v) is 4.44. The van der Waals surface area contributed by atoms with Gasteiger partial charge in [-0.2, -0.15) is 0 Å². The summed E-state index contributed by atoms with van der Waals surface area (Å²) >= 11 is 0. The van der Waals surface area contributed by atoms with Crippen LogP contribution in [0.5, 0.6) is 0 Å². The van der Waals surface area contributed by atoms with E-state index in [0.717, 1.165) is 27.5 Å². The molecule has 0 bridgehead atoms. The van der Waals surface area contributed by atoms with Gasteiger partial charge in [-0.1, -0.05) is 30.3 Å². The summed E-state index contributed by atoms with van der Waals surface area (Å²) in [5.74, 6) is -4.23. The van der Waals surface area contributed by atoms with E-state index in [-0.39, 0.29) is 31.2 Å². The van der Waals surface area contributed by atoms with E-state index < -0.39 is 23.4 Å². The molecule has 0 saturated carbocycles. The smallest absolute Gasteiger partial charge is 0.316 e. The lowest BCUT2D eigenvalue weighted by molar-refractivity contribution is -0.147. The SMILES string of the molecule is O=C(CN1CCN(c2ccc(F)c(F)c2)C(=O)C1=O)NCCc1ccccc1. The molecule has 1 fully saturated rings. The Labute approximate surface area is 160 Å². The van der Waals surface area contributed by atoms with Gasteiger partial charge >= 0.3 is 11.8 Å². The Morgan fingerprint density at radius 3 is 2.43 bits per heavy atom. The second-order valence-electron chi connectivity index (χ2n) is 6.37. The zero-order valence-corrected chi connectivity index (χ0v) is 15.0. The maximum atomic E-state index is 13.4. The summed E-state index contributed by atoms with van der Waals surface area (Å²) in [4.78, 5) is 38.9. The van der Waals surface area contributed by atoms with Gasteiger partial charge in [-0.05, 0) is 24.1 Å². The fraction of sp³-hybridized carbons (Fsp3) is 0.250. The molecular weight excluding hydrogens is 368 g/mol. The molecule has 3 amide bonds. The molecule has 3 rings (SSSR count). The van der Waals surface area contributed by atoms with Gasteiger partial charge in [0.2, 0.25) is 5.91 Å². The fourth-order valence-corrected chi connectivity index (χ4v) is 2.94. The van der Waals surface area contributed by atoms with Gasteiger partial charge < -0.3 is 15.1 Å². The van der Waals surface area contributed by atoms with Gasteiger partial charge in [0.05, 0.1) is 0 Å². The number of amides is 3. The summed E-state index contributed by atoms with van der Waals surface area (Å²) in [5.41, 5.74) is 1.18. The summed E-state index contributed by atoms with van der Waals surface area (Å²) in [6, 6.07) is 12.6. The van der Waals surface area contributed by atoms with Gasteiger partial charge in [0.25, 0.3) is 0 Å². The number of nitrogens with one attached hydrogen (secondary N) is 1. The van der Waals surface area contributed by atoms with Crippen LogP contribution in [-0.4, -0.2) is 48.8 Å². The van der Waals surface area contributed by atoms with Crippen LogP contribution in [0.15, 0.2) is 48.5 Å². The van der Waals surface area contributed by atoms with Crippen LogP contribution in [0, 0.1) is 11.6 Å². The molecule has 6 nitrogen and oxygen atoms in total. The highest BCUT2D eigenvalue weighted by atomic mass is 19.2. The minimum atomic E-state index is -1.10. The minimum Gasteiger partial charge on any atom is -0.354 e. The van der Waals surface area contributed by atoms with Crippen LogP contribution in [0.1, 0.15) is 5.56 Å². The van der Waals surface area contributed by atoms with Gasteiger partial charge in [0.1, 0.15) is 6.54 Å². The molecule has 0 unspecified atom stereocenters. The van der Waals surface area contributed by atoms with Crippen LogP contribution in [-0.2, 0) is 20.8 Å². The van der Waals surface area contributed by atoms with Gasteiger partial charge in [0.15, 0.2) is 11.6 Å². The summed E-state index contributed by atoms with van der Waals surface area (Å²) in [7, 11) is 0. The molecule has 0 radical (unpaired) electrons. The third-order valence-electron chi connectivity index (χ3n) is 4.44. The number of rotatable bonds is 6. The molecule has 8 heteroatoms. The highest BCUT2D eigenvalue weighted by Gasteiger charge is 2.34. The summed E-state index contributed by atoms with van der Waals surface area (Å²) in [6.45, 7) is 0.396. The van der Waals surface area contributed by atoms with Crippen molar-refractivity contribution in [3.63, 3.8) is 0 Å². The lowest BCUT2D eigenvalue weighted by Gasteiger charge is -2.33. The van der Waals surface area contributed by atoms with Crippen molar-refractivity contribution in [1.29, 1.82) is 0 Å². The van der Waals surface area contributed by atoms with E-state index in [1.54, 1.807) is 0 Å². The first kappa shape index (κ1) is 19.5. The van der Waals surface area contributed by atoms with Crippen molar-refractivity contribution >= 4 is 23.4 Å². The lowest BCUT2D eigenvalue weighted by Crippen LogP contribution is -2.56. The Bertz CT molecular complexity index is 890. The number of anilines is 1. The number of nitrogens with zero attached hydrogens (tertiary/aromatic N) is 2. The number of hydrogen-bond acceptors (Lipinski definition) is 3. The molecule has 0 atom stereocenters. The minimum absolute atomic E-state index is 0.0902. The number of piperazine rings is 1. The van der Waals surface area contributed by atoms with Gasteiger partial charge in [-0.25, -0.2) is 8.78 Å². The van der Waals surface area contributed by atoms with Crippen molar-refractivity contribution in [3.05, 3.63) is 65.7 Å². The molecule has 146 valence electrons. The van der Waals surface area contributed by atoms with Crippen LogP contribution in [0.3, 0.4) is 0 Å². The van der Waals surface area contributed by atoms with Crippen LogP contribution in [0.2, 0.25) is 0 Å². The standard InChI is InChI=1S/C20H19F2N3O3/c21-16-7-6-15(12-17(16)22)25-11-10-24(19(27)20(25)28)13-18(26)23-9-8-14-4-2-1-3-5-14/h1-7,12H,8-11,13H2,(H,23,26). The van der Waals surface area contributed by atoms with Crippen molar-refractivity contribution in [3.8, 4) is 0 Å². The normalized spacial score (nSPS) is 14.4. The second kappa shape index (κ2) is 8.60. The van der Waals surface area contributed by atoms with Crippen molar-refractivity contribution in [2.45, 2.75) is 6.42 Å². The molecule has 0 aliphatic carbocycles. The van der Waals surface area contributed by atoms with E-state index in [0.29, 0.717) is 13.0 Å². The van der Waals surface area contributed by atoms with E-state index in [9.17, 15) is 23.2 Å². The van der Waals surface area contributed by atoms with Gasteiger partial charge in [0, 0.05) is 31.4 Å². The van der Waals surface area contributed by atoms with Crippen molar-refractivity contribution in [2.75, 3.05) is 31.1 Å². The van der Waals surface area contributed by atoms with Crippen LogP contribution in [0.4, 0.5) is 14.5 Å². The molecule has 1 aliphatic rings. The van der Waals surface area contributed by atoms with E-state index in [1.165, 1.54) is 6.07 Å². The zero-order chi connectivity index (χ0) is 20.1. The first-order chi connectivity index (χ1) is 13.5. The monoisotopic (exact) mass is 387 g/mol. The van der Waals surface area contributed by atoms with E-state index in [2.05, 4.69) is 5.32 Å². The van der Waals surface area contributed by atoms with Crippen LogP contribution in [0.25, 0.3) is 0 Å². The van der Waals surface area contributed by atoms with Crippen molar-refractivity contribution in [1.82, 2.24) is 10.2 Å². The average Bonchev–Trinajstić information content (AvgIpc) is 2.69. The zero-order valence-electron chi connectivity index (χ0n) is 15.0. The quantitative estimate of drug-likeness (QED) is 0.764. The number of carbonyl (C=O) groups is 3. The first-order valence-electron chi connectivity index (χ1n) is 8.82.